The van der Waals surface area contributed by atoms with Crippen LogP contribution in [0, 0.1) is 0 Å². The van der Waals surface area contributed by atoms with Crippen molar-refractivity contribution < 1.29 is 4.79 Å². The van der Waals surface area contributed by atoms with Gasteiger partial charge in [-0.3, -0.25) is 9.78 Å². The number of aryl methyl sites for hydroxylation is 1. The molecule has 2 rings (SSSR count). The molecule has 0 radical (unpaired) electrons. The molecule has 0 aliphatic rings. The van der Waals surface area contributed by atoms with Gasteiger partial charge in [-0.25, -0.2) is 4.98 Å². The van der Waals surface area contributed by atoms with Crippen molar-refractivity contribution in [2.45, 2.75) is 13.3 Å². The summed E-state index contributed by atoms with van der Waals surface area (Å²) in [5, 5.41) is 4.83. The number of aromatic nitrogens is 2. The number of amides is 1. The smallest absolute Gasteiger partial charge is 0.267 e. The van der Waals surface area contributed by atoms with E-state index in [4.69, 9.17) is 11.6 Å². The average Bonchev–Trinajstić information content (AvgIpc) is 2.77. The average molecular weight is 268 g/mol. The van der Waals surface area contributed by atoms with Crippen LogP contribution >= 0.6 is 22.9 Å². The van der Waals surface area contributed by atoms with Crippen LogP contribution in [0.5, 0.6) is 0 Å². The predicted octanol–water partition coefficient (Wildman–Crippen LogP) is 3.01. The van der Waals surface area contributed by atoms with Crippen LogP contribution in [0.2, 0.25) is 5.15 Å². The quantitative estimate of drug-likeness (QED) is 0.930. The lowest BCUT2D eigenvalue weighted by Crippen LogP contribution is -2.13. The van der Waals surface area contributed by atoms with Crippen LogP contribution in [-0.4, -0.2) is 15.9 Å². The molecule has 0 bridgehead atoms. The monoisotopic (exact) mass is 267 g/mol. The third-order valence-electron chi connectivity index (χ3n) is 2.18. The Bertz CT molecular complexity index is 541. The summed E-state index contributed by atoms with van der Waals surface area (Å²) in [7, 11) is 0. The first kappa shape index (κ1) is 12.0. The molecule has 0 fully saturated rings. The Labute approximate surface area is 108 Å². The maximum atomic E-state index is 12.0. The molecule has 0 spiro atoms. The second-order valence-corrected chi connectivity index (χ2v) is 4.61. The molecular weight excluding hydrogens is 258 g/mol. The minimum atomic E-state index is -0.173. The van der Waals surface area contributed by atoms with Crippen LogP contribution in [0.15, 0.2) is 23.8 Å². The van der Waals surface area contributed by atoms with Gasteiger partial charge in [0.2, 0.25) is 0 Å². The van der Waals surface area contributed by atoms with Gasteiger partial charge in [0.15, 0.2) is 5.82 Å². The summed E-state index contributed by atoms with van der Waals surface area (Å²) in [4.78, 5) is 20.5. The predicted molar refractivity (Wildman–Crippen MR) is 68.7 cm³/mol. The summed E-state index contributed by atoms with van der Waals surface area (Å²) in [6.45, 7) is 2.01. The molecule has 88 valence electrons. The normalized spacial score (nSPS) is 10.2. The zero-order chi connectivity index (χ0) is 12.3. The SMILES string of the molecule is CCc1ccsc1C(=O)Nc1cncc(Cl)n1. The van der Waals surface area contributed by atoms with Crippen molar-refractivity contribution in [2.75, 3.05) is 5.32 Å². The van der Waals surface area contributed by atoms with Gasteiger partial charge in [0.25, 0.3) is 5.91 Å². The molecule has 0 unspecified atom stereocenters. The van der Waals surface area contributed by atoms with E-state index in [-0.39, 0.29) is 11.1 Å². The van der Waals surface area contributed by atoms with E-state index in [1.165, 1.54) is 23.7 Å². The number of anilines is 1. The van der Waals surface area contributed by atoms with Gasteiger partial charge in [0, 0.05) is 0 Å². The fourth-order valence-electron chi connectivity index (χ4n) is 1.39. The Kier molecular flexibility index (Phi) is 3.71. The third-order valence-corrected chi connectivity index (χ3v) is 3.32. The van der Waals surface area contributed by atoms with E-state index in [1.54, 1.807) is 0 Å². The van der Waals surface area contributed by atoms with Crippen LogP contribution in [0.3, 0.4) is 0 Å². The number of carbonyl (C=O) groups is 1. The van der Waals surface area contributed by atoms with Crippen molar-refractivity contribution in [3.05, 3.63) is 39.4 Å². The van der Waals surface area contributed by atoms with Crippen molar-refractivity contribution in [3.8, 4) is 0 Å². The summed E-state index contributed by atoms with van der Waals surface area (Å²) in [6, 6.07) is 1.95. The molecule has 4 nitrogen and oxygen atoms in total. The lowest BCUT2D eigenvalue weighted by atomic mass is 10.2. The highest BCUT2D eigenvalue weighted by Crippen LogP contribution is 2.18. The number of halogens is 1. The van der Waals surface area contributed by atoms with Crippen molar-refractivity contribution in [2.24, 2.45) is 0 Å². The number of rotatable bonds is 3. The van der Waals surface area contributed by atoms with E-state index in [9.17, 15) is 4.79 Å². The molecule has 0 atom stereocenters. The highest BCUT2D eigenvalue weighted by Gasteiger charge is 2.12. The van der Waals surface area contributed by atoms with Crippen molar-refractivity contribution in [1.82, 2.24) is 9.97 Å². The standard InChI is InChI=1S/C11H10ClN3OS/c1-2-7-3-4-17-10(7)11(16)15-9-6-13-5-8(12)14-9/h3-6H,2H2,1H3,(H,14,15,16). The van der Waals surface area contributed by atoms with E-state index in [0.717, 1.165) is 12.0 Å². The van der Waals surface area contributed by atoms with E-state index in [1.807, 2.05) is 18.4 Å². The van der Waals surface area contributed by atoms with Crippen LogP contribution in [0.25, 0.3) is 0 Å². The fraction of sp³-hybridized carbons (Fsp3) is 0.182. The topological polar surface area (TPSA) is 54.9 Å². The molecule has 0 aliphatic carbocycles. The van der Waals surface area contributed by atoms with Crippen LogP contribution in [0.1, 0.15) is 22.2 Å². The summed E-state index contributed by atoms with van der Waals surface area (Å²) < 4.78 is 0. The van der Waals surface area contributed by atoms with Crippen molar-refractivity contribution >= 4 is 34.7 Å². The number of nitrogens with zero attached hydrogens (tertiary/aromatic N) is 2. The molecule has 2 aromatic rings. The zero-order valence-electron chi connectivity index (χ0n) is 9.11. The summed E-state index contributed by atoms with van der Waals surface area (Å²) in [5.41, 5.74) is 1.03. The second-order valence-electron chi connectivity index (χ2n) is 3.31. The fourth-order valence-corrected chi connectivity index (χ4v) is 2.43. The number of thiophene rings is 1. The minimum Gasteiger partial charge on any atom is -0.305 e. The second kappa shape index (κ2) is 5.25. The number of hydrogen-bond acceptors (Lipinski definition) is 4. The first-order valence-corrected chi connectivity index (χ1v) is 6.31. The Morgan fingerprint density at radius 2 is 2.35 bits per heavy atom. The summed E-state index contributed by atoms with van der Waals surface area (Å²) >= 11 is 7.10. The first-order valence-electron chi connectivity index (χ1n) is 5.06. The first-order chi connectivity index (χ1) is 8.20. The highest BCUT2D eigenvalue weighted by molar-refractivity contribution is 7.12. The van der Waals surface area contributed by atoms with Crippen LogP contribution in [-0.2, 0) is 6.42 Å². The molecule has 6 heteroatoms. The van der Waals surface area contributed by atoms with E-state index >= 15 is 0 Å². The summed E-state index contributed by atoms with van der Waals surface area (Å²) in [5.74, 6) is 0.186. The zero-order valence-corrected chi connectivity index (χ0v) is 10.7. The van der Waals surface area contributed by atoms with Gasteiger partial charge in [-0.15, -0.1) is 11.3 Å². The number of carbonyl (C=O) groups excluding carboxylic acids is 1. The Morgan fingerprint density at radius 1 is 1.53 bits per heavy atom. The third kappa shape index (κ3) is 2.81. The van der Waals surface area contributed by atoms with Gasteiger partial charge in [-0.1, -0.05) is 18.5 Å². The van der Waals surface area contributed by atoms with Gasteiger partial charge in [0.1, 0.15) is 5.15 Å². The Balaban J connectivity index is 2.17. The molecule has 0 aliphatic heterocycles. The van der Waals surface area contributed by atoms with Crippen LogP contribution in [0.4, 0.5) is 5.82 Å². The van der Waals surface area contributed by atoms with E-state index in [2.05, 4.69) is 15.3 Å². The van der Waals surface area contributed by atoms with Gasteiger partial charge in [-0.05, 0) is 23.4 Å². The molecule has 0 aromatic carbocycles. The molecule has 0 saturated heterocycles. The molecule has 0 saturated carbocycles. The lowest BCUT2D eigenvalue weighted by molar-refractivity contribution is 0.102. The van der Waals surface area contributed by atoms with Crippen molar-refractivity contribution in [1.29, 1.82) is 0 Å². The van der Waals surface area contributed by atoms with E-state index in [0.29, 0.717) is 10.7 Å². The number of hydrogen-bond donors (Lipinski definition) is 1. The maximum absolute atomic E-state index is 12.0. The molecule has 2 heterocycles. The lowest BCUT2D eigenvalue weighted by Gasteiger charge is -2.03. The molecule has 1 amide bonds. The summed E-state index contributed by atoms with van der Waals surface area (Å²) in [6.07, 6.45) is 3.70. The largest absolute Gasteiger partial charge is 0.305 e. The van der Waals surface area contributed by atoms with Gasteiger partial charge < -0.3 is 5.32 Å². The van der Waals surface area contributed by atoms with E-state index < -0.39 is 0 Å². The Hall–Kier alpha value is -1.46. The maximum Gasteiger partial charge on any atom is 0.267 e. The Morgan fingerprint density at radius 3 is 3.06 bits per heavy atom. The highest BCUT2D eigenvalue weighted by atomic mass is 35.5. The van der Waals surface area contributed by atoms with Crippen molar-refractivity contribution in [3.63, 3.8) is 0 Å². The minimum absolute atomic E-state index is 0.173. The van der Waals surface area contributed by atoms with Gasteiger partial charge in [0.05, 0.1) is 17.3 Å². The van der Waals surface area contributed by atoms with Gasteiger partial charge >= 0.3 is 0 Å². The van der Waals surface area contributed by atoms with Gasteiger partial charge in [-0.2, -0.15) is 0 Å². The molecule has 1 N–H and O–H groups in total. The molecular formula is C11H10ClN3OS. The number of nitrogens with one attached hydrogen (secondary N) is 1. The molecule has 2 aromatic heterocycles. The molecule has 17 heavy (non-hydrogen) atoms. The van der Waals surface area contributed by atoms with Crippen LogP contribution < -0.4 is 5.32 Å².